The predicted octanol–water partition coefficient (Wildman–Crippen LogP) is 3.56. The van der Waals surface area contributed by atoms with Crippen LogP contribution < -0.4 is 10.2 Å². The van der Waals surface area contributed by atoms with E-state index >= 15 is 0 Å². The molecule has 9 heteroatoms. The molecule has 1 aliphatic rings. The first-order chi connectivity index (χ1) is 14.0. The number of benzene rings is 2. The molecule has 3 aromatic rings. The van der Waals surface area contributed by atoms with Gasteiger partial charge in [0.05, 0.1) is 12.3 Å². The van der Waals surface area contributed by atoms with Gasteiger partial charge in [-0.1, -0.05) is 28.8 Å². The van der Waals surface area contributed by atoms with E-state index in [1.807, 2.05) is 0 Å². The van der Waals surface area contributed by atoms with Crippen molar-refractivity contribution in [1.82, 2.24) is 10.2 Å². The first kappa shape index (κ1) is 19.1. The smallest absolute Gasteiger partial charge is 0.322 e. The Bertz CT molecular complexity index is 1040. The fourth-order valence-corrected chi connectivity index (χ4v) is 3.27. The molecular weight excluding hydrogens is 399 g/mol. The Balaban J connectivity index is 1.38. The van der Waals surface area contributed by atoms with Crippen LogP contribution in [0.15, 0.2) is 52.9 Å². The summed E-state index contributed by atoms with van der Waals surface area (Å²) in [6, 6.07) is 12.6. The largest absolute Gasteiger partial charge is 0.407 e. The van der Waals surface area contributed by atoms with E-state index in [2.05, 4.69) is 15.5 Å². The highest BCUT2D eigenvalue weighted by atomic mass is 35.5. The van der Waals surface area contributed by atoms with Gasteiger partial charge < -0.3 is 9.32 Å². The van der Waals surface area contributed by atoms with Gasteiger partial charge in [0, 0.05) is 23.7 Å². The lowest BCUT2D eigenvalue weighted by molar-refractivity contribution is -0.117. The second kappa shape index (κ2) is 8.00. The summed E-state index contributed by atoms with van der Waals surface area (Å²) in [4.78, 5) is 26.1. The fourth-order valence-electron chi connectivity index (χ4n) is 3.14. The lowest BCUT2D eigenvalue weighted by Gasteiger charge is -2.15. The fraction of sp³-hybridized carbons (Fsp3) is 0.200. The Morgan fingerprint density at radius 3 is 2.62 bits per heavy atom. The highest BCUT2D eigenvalue weighted by Gasteiger charge is 2.35. The number of nitrogens with zero attached hydrogens (tertiary/aromatic N) is 3. The second-order valence-electron chi connectivity index (χ2n) is 6.68. The topological polar surface area (TPSA) is 88.3 Å². The van der Waals surface area contributed by atoms with Gasteiger partial charge in [-0.15, -0.1) is 5.10 Å². The SMILES string of the molecule is O=C(Cc1ccc(F)cc1)Nc1nnc(C2CC(=O)N(c3ccc(Cl)cc3)C2)o1. The Morgan fingerprint density at radius 1 is 1.17 bits per heavy atom. The van der Waals surface area contributed by atoms with Gasteiger partial charge in [-0.05, 0) is 42.0 Å². The summed E-state index contributed by atoms with van der Waals surface area (Å²) in [5, 5.41) is 10.9. The van der Waals surface area contributed by atoms with Crippen LogP contribution in [0.2, 0.25) is 5.02 Å². The molecule has 0 aliphatic carbocycles. The molecule has 4 rings (SSSR count). The Labute approximate surface area is 170 Å². The molecule has 2 heterocycles. The maximum Gasteiger partial charge on any atom is 0.322 e. The van der Waals surface area contributed by atoms with Crippen LogP contribution in [0.1, 0.15) is 23.8 Å². The number of anilines is 2. The molecule has 0 saturated carbocycles. The van der Waals surface area contributed by atoms with Crippen LogP contribution in [0.4, 0.5) is 16.1 Å². The molecule has 1 aromatic heterocycles. The summed E-state index contributed by atoms with van der Waals surface area (Å²) in [5.74, 6) is -0.774. The quantitative estimate of drug-likeness (QED) is 0.689. The van der Waals surface area contributed by atoms with E-state index < -0.39 is 0 Å². The van der Waals surface area contributed by atoms with E-state index in [4.69, 9.17) is 16.0 Å². The Morgan fingerprint density at radius 2 is 1.90 bits per heavy atom. The average molecular weight is 415 g/mol. The van der Waals surface area contributed by atoms with Crippen molar-refractivity contribution in [3.05, 3.63) is 70.8 Å². The zero-order valence-corrected chi connectivity index (χ0v) is 15.9. The van der Waals surface area contributed by atoms with Gasteiger partial charge in [-0.3, -0.25) is 14.9 Å². The van der Waals surface area contributed by atoms with Crippen molar-refractivity contribution in [3.63, 3.8) is 0 Å². The molecule has 0 radical (unpaired) electrons. The van der Waals surface area contributed by atoms with Gasteiger partial charge in [0.2, 0.25) is 17.7 Å². The summed E-state index contributed by atoms with van der Waals surface area (Å²) >= 11 is 5.89. The van der Waals surface area contributed by atoms with Crippen LogP contribution in [0, 0.1) is 5.82 Å². The summed E-state index contributed by atoms with van der Waals surface area (Å²) in [6.07, 6.45) is 0.276. The van der Waals surface area contributed by atoms with Crippen molar-refractivity contribution >= 4 is 35.1 Å². The summed E-state index contributed by atoms with van der Waals surface area (Å²) < 4.78 is 18.5. The second-order valence-corrected chi connectivity index (χ2v) is 7.12. The third kappa shape index (κ3) is 4.43. The van der Waals surface area contributed by atoms with Crippen LogP contribution in [0.3, 0.4) is 0 Å². The van der Waals surface area contributed by atoms with E-state index in [0.29, 0.717) is 17.1 Å². The lowest BCUT2D eigenvalue weighted by atomic mass is 10.1. The van der Waals surface area contributed by atoms with Crippen molar-refractivity contribution in [2.75, 3.05) is 16.8 Å². The molecule has 2 aromatic carbocycles. The Kier molecular flexibility index (Phi) is 5.26. The van der Waals surface area contributed by atoms with E-state index in [1.54, 1.807) is 29.2 Å². The van der Waals surface area contributed by atoms with E-state index in [1.165, 1.54) is 24.3 Å². The number of hydrogen-bond acceptors (Lipinski definition) is 5. The van der Waals surface area contributed by atoms with Crippen LogP contribution in [-0.2, 0) is 16.0 Å². The van der Waals surface area contributed by atoms with E-state index in [9.17, 15) is 14.0 Å². The van der Waals surface area contributed by atoms with Crippen LogP contribution in [0.5, 0.6) is 0 Å². The number of nitrogens with one attached hydrogen (secondary N) is 1. The lowest BCUT2D eigenvalue weighted by Crippen LogP contribution is -2.24. The van der Waals surface area contributed by atoms with Crippen LogP contribution in [-0.4, -0.2) is 28.6 Å². The first-order valence-corrected chi connectivity index (χ1v) is 9.29. The molecule has 1 atom stereocenters. The van der Waals surface area contributed by atoms with E-state index in [-0.39, 0.29) is 48.3 Å². The molecule has 1 fully saturated rings. The van der Waals surface area contributed by atoms with Gasteiger partial charge in [-0.25, -0.2) is 4.39 Å². The molecule has 29 heavy (non-hydrogen) atoms. The van der Waals surface area contributed by atoms with Crippen molar-refractivity contribution in [1.29, 1.82) is 0 Å². The number of amides is 2. The number of rotatable bonds is 5. The molecule has 1 unspecified atom stereocenters. The van der Waals surface area contributed by atoms with Crippen LogP contribution in [0.25, 0.3) is 0 Å². The molecule has 0 bridgehead atoms. The third-order valence-corrected chi connectivity index (χ3v) is 4.83. The van der Waals surface area contributed by atoms with E-state index in [0.717, 1.165) is 5.69 Å². The Hall–Kier alpha value is -3.26. The first-order valence-electron chi connectivity index (χ1n) is 8.91. The number of hydrogen-bond donors (Lipinski definition) is 1. The number of carbonyl (C=O) groups excluding carboxylic acids is 2. The highest BCUT2D eigenvalue weighted by molar-refractivity contribution is 6.30. The zero-order chi connectivity index (χ0) is 20.4. The van der Waals surface area contributed by atoms with Gasteiger partial charge in [0.25, 0.3) is 0 Å². The summed E-state index contributed by atoms with van der Waals surface area (Å²) in [7, 11) is 0. The highest BCUT2D eigenvalue weighted by Crippen LogP contribution is 2.32. The third-order valence-electron chi connectivity index (χ3n) is 4.58. The summed E-state index contributed by atoms with van der Waals surface area (Å²) in [6.45, 7) is 0.394. The minimum atomic E-state index is -0.366. The van der Waals surface area contributed by atoms with Crippen molar-refractivity contribution in [2.24, 2.45) is 0 Å². The van der Waals surface area contributed by atoms with Crippen molar-refractivity contribution < 1.29 is 18.4 Å². The molecule has 0 spiro atoms. The molecular formula is C20H16ClFN4O3. The molecule has 1 N–H and O–H groups in total. The zero-order valence-electron chi connectivity index (χ0n) is 15.1. The number of carbonyl (C=O) groups is 2. The normalized spacial score (nSPS) is 16.3. The molecule has 148 valence electrons. The maximum atomic E-state index is 12.9. The van der Waals surface area contributed by atoms with Gasteiger partial charge >= 0.3 is 6.01 Å². The molecule has 1 saturated heterocycles. The monoisotopic (exact) mass is 414 g/mol. The van der Waals surface area contributed by atoms with Crippen LogP contribution >= 0.6 is 11.6 Å². The standard InChI is InChI=1S/C20H16ClFN4O3/c21-14-3-7-16(8-4-14)26-11-13(10-18(26)28)19-24-25-20(29-19)23-17(27)9-12-1-5-15(22)6-2-12/h1-8,13H,9-11H2,(H,23,25,27). The van der Waals surface area contributed by atoms with Gasteiger partial charge in [0.1, 0.15) is 5.82 Å². The molecule has 7 nitrogen and oxygen atoms in total. The minimum Gasteiger partial charge on any atom is -0.407 e. The molecule has 2 amide bonds. The maximum absolute atomic E-state index is 12.9. The average Bonchev–Trinajstić information content (AvgIpc) is 3.31. The predicted molar refractivity (Wildman–Crippen MR) is 104 cm³/mol. The van der Waals surface area contributed by atoms with Crippen molar-refractivity contribution in [3.8, 4) is 0 Å². The molecule has 1 aliphatic heterocycles. The minimum absolute atomic E-state index is 0.0375. The van der Waals surface area contributed by atoms with Gasteiger partial charge in [-0.2, -0.15) is 0 Å². The van der Waals surface area contributed by atoms with Gasteiger partial charge in [0.15, 0.2) is 0 Å². The summed E-state index contributed by atoms with van der Waals surface area (Å²) in [5.41, 5.74) is 1.40. The number of aromatic nitrogens is 2. The van der Waals surface area contributed by atoms with Crippen molar-refractivity contribution in [2.45, 2.75) is 18.8 Å². The number of halogens is 2.